The average molecular weight is 853 g/mol. The van der Waals surface area contributed by atoms with E-state index in [-0.39, 0.29) is 35.6 Å². The standard InChI is InChI=1S/C33H33.C15H14.C5H5.2ClH.Zr/c1-32(2,3)30-20-26-24(18-28(30)22-13-9-7-10-14-22)17-25-19-29(23-15-11-8-12-16-23)31(21-27(25)26)33(4,5)6;1-3-8-14(9-4-1)12-7-13-15-10-5-2-6-11-15;1-2-4-5-3-1;;;/h7-21H,1-6H3;1-6,8-11H,12-13H2;1-3H,4H2;2*1H;. The fourth-order valence-corrected chi connectivity index (χ4v) is 18.0. The monoisotopic (exact) mass is 850 g/mol. The normalized spacial score (nSPS) is 13.3. The van der Waals surface area contributed by atoms with E-state index in [1.54, 1.807) is 17.6 Å². The van der Waals surface area contributed by atoms with Crippen LogP contribution in [0.2, 0.25) is 0 Å². The molecule has 284 valence electrons. The Balaban J connectivity index is 0.00000266. The van der Waals surface area contributed by atoms with Crippen molar-refractivity contribution in [2.24, 2.45) is 0 Å². The second-order valence-corrected chi connectivity index (χ2v) is 24.1. The van der Waals surface area contributed by atoms with Crippen LogP contribution in [0.3, 0.4) is 0 Å². The molecule has 6 aromatic rings. The van der Waals surface area contributed by atoms with Gasteiger partial charge in [-0.2, -0.15) is 0 Å². The SMILES string of the molecule is CC(C)(C)c1cc2c(cc1-c1ccccc1)[CH]([Zr]([C]1=CC=CC1)=[C](Cc1ccccc1)Cc1ccccc1)c1cc(-c3ccccc3)c(C(C)(C)C)cc1-2.Cl.Cl. The summed E-state index contributed by atoms with van der Waals surface area (Å²) in [6, 6.07) is 55.4. The van der Waals surface area contributed by atoms with E-state index in [2.05, 4.69) is 205 Å². The second kappa shape index (κ2) is 17.3. The van der Waals surface area contributed by atoms with Crippen molar-refractivity contribution in [2.45, 2.75) is 75.3 Å². The average Bonchev–Trinajstić information content (AvgIpc) is 3.81. The molecule has 0 heterocycles. The fourth-order valence-electron chi connectivity index (χ4n) is 8.81. The van der Waals surface area contributed by atoms with Crippen molar-refractivity contribution in [1.82, 2.24) is 0 Å². The molecule has 0 bridgehead atoms. The Morgan fingerprint density at radius 1 is 0.518 bits per heavy atom. The smallest absolute Gasteiger partial charge is 0.147 e. The number of benzene rings is 6. The molecule has 8 rings (SSSR count). The first-order chi connectivity index (χ1) is 26.1. The van der Waals surface area contributed by atoms with Gasteiger partial charge >= 0.3 is 334 Å². The Morgan fingerprint density at radius 3 is 1.27 bits per heavy atom. The molecule has 0 nitrogen and oxygen atoms in total. The van der Waals surface area contributed by atoms with Crippen LogP contribution in [0.25, 0.3) is 33.4 Å². The topological polar surface area (TPSA) is 0 Å². The molecule has 2 aliphatic carbocycles. The predicted molar refractivity (Wildman–Crippen MR) is 244 cm³/mol. The maximum Gasteiger partial charge on any atom is -0.147 e. The molecule has 0 N–H and O–H groups in total. The van der Waals surface area contributed by atoms with Gasteiger partial charge in [-0.05, 0) is 0 Å². The van der Waals surface area contributed by atoms with Crippen molar-refractivity contribution < 1.29 is 21.3 Å². The van der Waals surface area contributed by atoms with E-state index in [0.717, 1.165) is 19.3 Å². The predicted octanol–water partition coefficient (Wildman–Crippen LogP) is 14.6. The second-order valence-electron chi connectivity index (χ2n) is 17.3. The molecule has 0 spiro atoms. The molecule has 0 radical (unpaired) electrons. The van der Waals surface area contributed by atoms with Crippen LogP contribution < -0.4 is 0 Å². The van der Waals surface area contributed by atoms with Crippen LogP contribution >= 0.6 is 24.8 Å². The quantitative estimate of drug-likeness (QED) is 0.143. The largest absolute Gasteiger partial charge is 0.147 e. The molecule has 0 saturated carbocycles. The molecular formula is C53H54Cl2Zr. The molecule has 0 aromatic heterocycles. The van der Waals surface area contributed by atoms with Gasteiger partial charge in [-0.1, -0.05) is 0 Å². The summed E-state index contributed by atoms with van der Waals surface area (Å²) in [6.45, 7) is 14.3. The number of rotatable bonds is 8. The first-order valence-electron chi connectivity index (χ1n) is 19.7. The zero-order chi connectivity index (χ0) is 37.5. The third-order valence-electron chi connectivity index (χ3n) is 11.4. The first-order valence-corrected chi connectivity index (χ1v) is 23.6. The summed E-state index contributed by atoms with van der Waals surface area (Å²) < 4.78 is 3.85. The van der Waals surface area contributed by atoms with Crippen molar-refractivity contribution in [3.05, 3.63) is 200 Å². The zero-order valence-electron chi connectivity index (χ0n) is 33.6. The van der Waals surface area contributed by atoms with Gasteiger partial charge in [-0.3, -0.25) is 0 Å². The van der Waals surface area contributed by atoms with Gasteiger partial charge in [0.05, 0.1) is 0 Å². The molecule has 6 aromatic carbocycles. The van der Waals surface area contributed by atoms with Crippen LogP contribution in [-0.2, 0) is 44.9 Å². The molecule has 0 amide bonds. The summed E-state index contributed by atoms with van der Waals surface area (Å²) in [5, 5.41) is 0. The van der Waals surface area contributed by atoms with E-state index in [9.17, 15) is 0 Å². The van der Waals surface area contributed by atoms with Gasteiger partial charge in [0, 0.05) is 0 Å². The summed E-state index contributed by atoms with van der Waals surface area (Å²) in [5.74, 6) is 0. The first kappa shape index (κ1) is 41.8. The van der Waals surface area contributed by atoms with Crippen LogP contribution in [0.4, 0.5) is 0 Å². The number of fused-ring (bicyclic) bond motifs is 3. The summed E-state index contributed by atoms with van der Waals surface area (Å²) in [5.41, 5.74) is 17.0. The molecule has 56 heavy (non-hydrogen) atoms. The molecule has 0 saturated heterocycles. The summed E-state index contributed by atoms with van der Waals surface area (Å²) in [4.78, 5) is 0. The van der Waals surface area contributed by atoms with Gasteiger partial charge < -0.3 is 0 Å². The number of allylic oxidation sites excluding steroid dienone is 4. The van der Waals surface area contributed by atoms with Crippen LogP contribution in [0.5, 0.6) is 0 Å². The Morgan fingerprint density at radius 2 is 0.911 bits per heavy atom. The van der Waals surface area contributed by atoms with Gasteiger partial charge in [0.2, 0.25) is 0 Å². The van der Waals surface area contributed by atoms with E-state index < -0.39 is 21.3 Å². The van der Waals surface area contributed by atoms with E-state index >= 15 is 0 Å². The Bertz CT molecular complexity index is 2240. The van der Waals surface area contributed by atoms with E-state index in [4.69, 9.17) is 0 Å². The van der Waals surface area contributed by atoms with Crippen LogP contribution in [0, 0.1) is 0 Å². The molecular weight excluding hydrogens is 799 g/mol. The minimum atomic E-state index is -2.78. The maximum absolute atomic E-state index is 2.78. The van der Waals surface area contributed by atoms with Crippen molar-refractivity contribution in [3.63, 3.8) is 0 Å². The third kappa shape index (κ3) is 8.53. The fraction of sp³-hybridized carbons (Fsp3) is 0.226. The van der Waals surface area contributed by atoms with E-state index in [0.29, 0.717) is 3.63 Å². The zero-order valence-corrected chi connectivity index (χ0v) is 37.7. The molecule has 2 aliphatic rings. The summed E-state index contributed by atoms with van der Waals surface area (Å²) >= 11 is -2.78. The molecule has 0 fully saturated rings. The summed E-state index contributed by atoms with van der Waals surface area (Å²) in [7, 11) is 0. The Labute approximate surface area is 355 Å². The Kier molecular flexibility index (Phi) is 12.9. The van der Waals surface area contributed by atoms with Gasteiger partial charge in [0.15, 0.2) is 0 Å². The molecule has 0 unspecified atom stereocenters. The van der Waals surface area contributed by atoms with E-state index in [1.165, 1.54) is 55.6 Å². The van der Waals surface area contributed by atoms with Crippen molar-refractivity contribution in [1.29, 1.82) is 0 Å². The number of hydrogen-bond donors (Lipinski definition) is 0. The summed E-state index contributed by atoms with van der Waals surface area (Å²) in [6.07, 6.45) is 10.4. The van der Waals surface area contributed by atoms with Crippen molar-refractivity contribution in [3.8, 4) is 33.4 Å². The van der Waals surface area contributed by atoms with Gasteiger partial charge in [0.1, 0.15) is 0 Å². The number of hydrogen-bond acceptors (Lipinski definition) is 0. The van der Waals surface area contributed by atoms with Gasteiger partial charge in [-0.25, -0.2) is 0 Å². The van der Waals surface area contributed by atoms with Crippen molar-refractivity contribution in [2.75, 3.05) is 0 Å². The molecule has 0 atom stereocenters. The third-order valence-corrected chi connectivity index (χ3v) is 19.7. The van der Waals surface area contributed by atoms with Crippen LogP contribution in [0.15, 0.2) is 167 Å². The Hall–Kier alpha value is -3.87. The minimum absolute atomic E-state index is 0. The van der Waals surface area contributed by atoms with Crippen LogP contribution in [-0.4, -0.2) is 3.21 Å². The minimum Gasteiger partial charge on any atom is -0.147 e. The molecule has 3 heteroatoms. The maximum atomic E-state index is 2.65. The van der Waals surface area contributed by atoms with Gasteiger partial charge in [0.25, 0.3) is 0 Å². The van der Waals surface area contributed by atoms with Crippen LogP contribution in [0.1, 0.15) is 85.0 Å². The number of halogens is 2. The van der Waals surface area contributed by atoms with E-state index in [1.807, 2.05) is 0 Å². The van der Waals surface area contributed by atoms with Gasteiger partial charge in [-0.15, -0.1) is 24.8 Å². The molecule has 0 aliphatic heterocycles. The van der Waals surface area contributed by atoms with Crippen molar-refractivity contribution >= 4 is 28.0 Å².